The van der Waals surface area contributed by atoms with Gasteiger partial charge in [0, 0.05) is 4.88 Å². The van der Waals surface area contributed by atoms with E-state index in [9.17, 15) is 19.5 Å². The molecule has 1 heterocycles. The summed E-state index contributed by atoms with van der Waals surface area (Å²) in [6.07, 6.45) is 15.3. The van der Waals surface area contributed by atoms with E-state index in [2.05, 4.69) is 5.32 Å². The zero-order valence-corrected chi connectivity index (χ0v) is 20.8. The van der Waals surface area contributed by atoms with Crippen LogP contribution in [0, 0.1) is 11.8 Å². The zero-order chi connectivity index (χ0) is 23.6. The highest BCUT2D eigenvalue weighted by atomic mass is 32.1. The maximum Gasteiger partial charge on any atom is 0.341 e. The van der Waals surface area contributed by atoms with Crippen molar-refractivity contribution in [2.24, 2.45) is 11.8 Å². The van der Waals surface area contributed by atoms with Gasteiger partial charge in [0.25, 0.3) is 0 Å². The van der Waals surface area contributed by atoms with Crippen molar-refractivity contribution >= 4 is 34.2 Å². The number of amides is 1. The third-order valence-corrected chi connectivity index (χ3v) is 8.26. The molecule has 7 heteroatoms. The number of rotatable bonds is 5. The van der Waals surface area contributed by atoms with Gasteiger partial charge in [-0.2, -0.15) is 0 Å². The number of carboxylic acid groups (broad SMARTS) is 1. The molecular formula is C26H39NO5S. The summed E-state index contributed by atoms with van der Waals surface area (Å²) in [5.74, 6) is -2.78. The Hall–Kier alpha value is -1.89. The lowest BCUT2D eigenvalue weighted by molar-refractivity contribution is -0.147. The first-order valence-electron chi connectivity index (χ1n) is 12.9. The molecule has 0 bridgehead atoms. The van der Waals surface area contributed by atoms with Gasteiger partial charge >= 0.3 is 11.9 Å². The minimum Gasteiger partial charge on any atom is -0.481 e. The van der Waals surface area contributed by atoms with Crippen LogP contribution in [-0.4, -0.2) is 29.6 Å². The Morgan fingerprint density at radius 2 is 1.45 bits per heavy atom. The van der Waals surface area contributed by atoms with Gasteiger partial charge in [0.1, 0.15) is 5.00 Å². The smallest absolute Gasteiger partial charge is 0.341 e. The highest BCUT2D eigenvalue weighted by molar-refractivity contribution is 7.17. The molecule has 2 aliphatic rings. The molecule has 1 fully saturated rings. The first-order valence-corrected chi connectivity index (χ1v) is 13.7. The average molecular weight is 478 g/mol. The standard InChI is InChI=1S/C26H39NO5S/c1-2-32-26(31)22-20-16-10-8-6-4-3-5-7-9-11-17-21(20)33-24(22)27-23(28)18-14-12-13-15-19(18)25(29)30/h18-19H,2-17H2,1H3,(H,27,28)(H,29,30)/t18-,19+/m0/s1. The lowest BCUT2D eigenvalue weighted by Crippen LogP contribution is -2.36. The van der Waals surface area contributed by atoms with Crippen LogP contribution in [0.25, 0.3) is 0 Å². The highest BCUT2D eigenvalue weighted by Gasteiger charge is 2.37. The summed E-state index contributed by atoms with van der Waals surface area (Å²) in [4.78, 5) is 39.1. The molecule has 0 unspecified atom stereocenters. The van der Waals surface area contributed by atoms with Crippen molar-refractivity contribution in [3.05, 3.63) is 16.0 Å². The Labute approximate surface area is 201 Å². The number of fused-ring (bicyclic) bond motifs is 1. The summed E-state index contributed by atoms with van der Waals surface area (Å²) < 4.78 is 5.39. The molecule has 33 heavy (non-hydrogen) atoms. The van der Waals surface area contributed by atoms with Gasteiger partial charge < -0.3 is 15.2 Å². The number of ether oxygens (including phenoxy) is 1. The highest BCUT2D eigenvalue weighted by Crippen LogP contribution is 2.38. The molecule has 2 atom stereocenters. The molecule has 1 aromatic heterocycles. The van der Waals surface area contributed by atoms with E-state index in [0.29, 0.717) is 23.4 Å². The molecule has 0 spiro atoms. The van der Waals surface area contributed by atoms with Crippen molar-refractivity contribution in [2.45, 2.75) is 103 Å². The van der Waals surface area contributed by atoms with Crippen LogP contribution in [0.3, 0.4) is 0 Å². The van der Waals surface area contributed by atoms with E-state index in [0.717, 1.165) is 50.5 Å². The van der Waals surface area contributed by atoms with Crippen molar-refractivity contribution in [1.29, 1.82) is 0 Å². The predicted octanol–water partition coefficient (Wildman–Crippen LogP) is 6.36. The number of carbonyl (C=O) groups is 3. The molecule has 0 aliphatic heterocycles. The van der Waals surface area contributed by atoms with Crippen molar-refractivity contribution in [2.75, 3.05) is 11.9 Å². The monoisotopic (exact) mass is 477 g/mol. The van der Waals surface area contributed by atoms with Crippen LogP contribution in [0.1, 0.15) is 111 Å². The number of thiophene rings is 1. The van der Waals surface area contributed by atoms with E-state index in [1.54, 1.807) is 6.92 Å². The van der Waals surface area contributed by atoms with Crippen molar-refractivity contribution in [3.63, 3.8) is 0 Å². The molecule has 0 saturated heterocycles. The van der Waals surface area contributed by atoms with E-state index in [4.69, 9.17) is 4.74 Å². The third kappa shape index (κ3) is 7.05. The number of aryl methyl sites for hydroxylation is 1. The van der Waals surface area contributed by atoms with Crippen molar-refractivity contribution < 1.29 is 24.2 Å². The SMILES string of the molecule is CCOC(=O)c1c(NC(=O)[C@H]2CCCC[C@H]2C(=O)O)sc2c1CCCCCCCCCCC2. The second-order valence-corrected chi connectivity index (χ2v) is 10.5. The van der Waals surface area contributed by atoms with Gasteiger partial charge in [-0.05, 0) is 51.0 Å². The average Bonchev–Trinajstić information content (AvgIpc) is 3.14. The van der Waals surface area contributed by atoms with Crippen LogP contribution in [-0.2, 0) is 27.2 Å². The fraction of sp³-hybridized carbons (Fsp3) is 0.731. The van der Waals surface area contributed by atoms with E-state index in [1.807, 2.05) is 0 Å². The maximum absolute atomic E-state index is 13.2. The van der Waals surface area contributed by atoms with Gasteiger partial charge in [0.05, 0.1) is 24.0 Å². The molecule has 184 valence electrons. The number of aliphatic carboxylic acids is 1. The molecule has 1 amide bonds. The lowest BCUT2D eigenvalue weighted by Gasteiger charge is -2.27. The summed E-state index contributed by atoms with van der Waals surface area (Å²) in [6.45, 7) is 2.07. The molecule has 1 aromatic rings. The minimum atomic E-state index is -0.908. The Morgan fingerprint density at radius 1 is 0.879 bits per heavy atom. The number of hydrogen-bond acceptors (Lipinski definition) is 5. The van der Waals surface area contributed by atoms with Crippen LogP contribution >= 0.6 is 11.3 Å². The fourth-order valence-electron chi connectivity index (χ4n) is 5.26. The summed E-state index contributed by atoms with van der Waals surface area (Å²) in [6, 6.07) is 0. The molecule has 1 saturated carbocycles. The summed E-state index contributed by atoms with van der Waals surface area (Å²) in [7, 11) is 0. The normalized spacial score (nSPS) is 22.7. The molecular weight excluding hydrogens is 438 g/mol. The molecule has 2 N–H and O–H groups in total. The Morgan fingerprint density at radius 3 is 2.06 bits per heavy atom. The summed E-state index contributed by atoms with van der Waals surface area (Å²) in [5.41, 5.74) is 1.54. The molecule has 3 rings (SSSR count). The van der Waals surface area contributed by atoms with E-state index >= 15 is 0 Å². The third-order valence-electron chi connectivity index (χ3n) is 7.06. The summed E-state index contributed by atoms with van der Waals surface area (Å²) in [5, 5.41) is 13.1. The number of esters is 1. The van der Waals surface area contributed by atoms with E-state index < -0.39 is 17.8 Å². The maximum atomic E-state index is 13.2. The largest absolute Gasteiger partial charge is 0.481 e. The second kappa shape index (κ2) is 13.1. The Balaban J connectivity index is 1.88. The van der Waals surface area contributed by atoms with Gasteiger partial charge in [-0.1, -0.05) is 57.8 Å². The number of hydrogen-bond donors (Lipinski definition) is 2. The second-order valence-electron chi connectivity index (χ2n) is 9.44. The Bertz CT molecular complexity index is 818. The fourth-order valence-corrected chi connectivity index (χ4v) is 6.54. The lowest BCUT2D eigenvalue weighted by atomic mass is 9.78. The van der Waals surface area contributed by atoms with Crippen LogP contribution in [0.4, 0.5) is 5.00 Å². The molecule has 6 nitrogen and oxygen atoms in total. The topological polar surface area (TPSA) is 92.7 Å². The van der Waals surface area contributed by atoms with Gasteiger partial charge in [0.15, 0.2) is 0 Å². The van der Waals surface area contributed by atoms with Crippen LogP contribution in [0.5, 0.6) is 0 Å². The van der Waals surface area contributed by atoms with Crippen molar-refractivity contribution in [3.8, 4) is 0 Å². The summed E-state index contributed by atoms with van der Waals surface area (Å²) >= 11 is 1.49. The van der Waals surface area contributed by atoms with Crippen LogP contribution in [0.15, 0.2) is 0 Å². The van der Waals surface area contributed by atoms with Gasteiger partial charge in [0.2, 0.25) is 5.91 Å². The number of anilines is 1. The minimum absolute atomic E-state index is 0.276. The zero-order valence-electron chi connectivity index (χ0n) is 20.0. The molecule has 0 aromatic carbocycles. The first kappa shape index (κ1) is 25.7. The first-order chi connectivity index (χ1) is 16.0. The molecule has 0 radical (unpaired) electrons. The van der Waals surface area contributed by atoms with Gasteiger partial charge in [-0.3, -0.25) is 9.59 Å². The van der Waals surface area contributed by atoms with Gasteiger partial charge in [-0.25, -0.2) is 4.79 Å². The quantitative estimate of drug-likeness (QED) is 0.481. The van der Waals surface area contributed by atoms with Crippen molar-refractivity contribution in [1.82, 2.24) is 0 Å². The van der Waals surface area contributed by atoms with Crippen LogP contribution < -0.4 is 5.32 Å². The predicted molar refractivity (Wildman–Crippen MR) is 131 cm³/mol. The number of nitrogens with one attached hydrogen (secondary N) is 1. The van der Waals surface area contributed by atoms with E-state index in [1.165, 1.54) is 54.7 Å². The van der Waals surface area contributed by atoms with Gasteiger partial charge in [-0.15, -0.1) is 11.3 Å². The van der Waals surface area contributed by atoms with E-state index in [-0.39, 0.29) is 18.5 Å². The number of carbonyl (C=O) groups excluding carboxylic acids is 2. The Kier molecular flexibility index (Phi) is 10.2. The molecule has 2 aliphatic carbocycles. The number of carboxylic acids is 1. The van der Waals surface area contributed by atoms with Crippen LogP contribution in [0.2, 0.25) is 0 Å².